The van der Waals surface area contributed by atoms with E-state index in [1.807, 2.05) is 18.2 Å². The maximum atomic E-state index is 10.8. The van der Waals surface area contributed by atoms with E-state index in [-0.39, 0.29) is 18.4 Å². The number of nitrogens with two attached hydrogens (primary N) is 1. The van der Waals surface area contributed by atoms with E-state index in [2.05, 4.69) is 22.2 Å². The molecule has 84 valence electrons. The molecule has 0 aliphatic heterocycles. The lowest BCUT2D eigenvalue weighted by atomic mass is 10.3. The van der Waals surface area contributed by atoms with Crippen LogP contribution in [0.2, 0.25) is 0 Å². The molecule has 0 aliphatic carbocycles. The van der Waals surface area contributed by atoms with E-state index >= 15 is 0 Å². The van der Waals surface area contributed by atoms with Gasteiger partial charge in [0.15, 0.2) is 0 Å². The Bertz CT molecular complexity index is 277. The van der Waals surface area contributed by atoms with Crippen LogP contribution in [0.3, 0.4) is 0 Å². The van der Waals surface area contributed by atoms with Crippen LogP contribution in [0.15, 0.2) is 30.3 Å². The van der Waals surface area contributed by atoms with E-state index in [1.165, 1.54) is 12.8 Å². The zero-order chi connectivity index (χ0) is 10.2. The van der Waals surface area contributed by atoms with Crippen molar-refractivity contribution in [2.45, 2.75) is 12.8 Å². The molecule has 0 atom stereocenters. The van der Waals surface area contributed by atoms with E-state index in [0.717, 1.165) is 13.0 Å². The van der Waals surface area contributed by atoms with Gasteiger partial charge in [-0.05, 0) is 12.1 Å². The van der Waals surface area contributed by atoms with Crippen molar-refractivity contribution in [2.75, 3.05) is 13.7 Å². The number of benzene rings is 1. The first kappa shape index (κ1) is 13.9. The minimum absolute atomic E-state index is 0. The van der Waals surface area contributed by atoms with Crippen molar-refractivity contribution < 1.29 is 27.3 Å². The summed E-state index contributed by atoms with van der Waals surface area (Å²) in [6.45, 7) is 0.916. The topological polar surface area (TPSA) is 42.9 Å². The first-order chi connectivity index (χ1) is 6.83. The summed E-state index contributed by atoms with van der Waals surface area (Å²) in [5.41, 5.74) is 1.21. The second-order valence-electron chi connectivity index (χ2n) is 3.08. The van der Waals surface area contributed by atoms with Gasteiger partial charge in [-0.3, -0.25) is 4.79 Å². The molecule has 0 radical (unpaired) electrons. The highest BCUT2D eigenvalue weighted by Gasteiger charge is 2.00. The van der Waals surface area contributed by atoms with Gasteiger partial charge in [-0.2, -0.15) is 0 Å². The standard InChI is InChI=1S/C11H15NO2.ClH/c1-14-11(13)8-5-9-12-10-6-3-2-4-7-10;/h2-4,6-7,12H,5,8-9H2,1H3;1H. The third-order valence-corrected chi connectivity index (χ3v) is 1.99. The highest BCUT2D eigenvalue weighted by atomic mass is 35.5. The van der Waals surface area contributed by atoms with Gasteiger partial charge in [-0.1, -0.05) is 18.2 Å². The summed E-state index contributed by atoms with van der Waals surface area (Å²) in [6, 6.07) is 10.1. The van der Waals surface area contributed by atoms with Gasteiger partial charge < -0.3 is 22.5 Å². The molecular formula is C11H16ClNO2. The number of hydrogen-bond donors (Lipinski definition) is 1. The number of carbonyl (C=O) groups is 1. The van der Waals surface area contributed by atoms with Crippen LogP contribution in [0.25, 0.3) is 0 Å². The van der Waals surface area contributed by atoms with Gasteiger partial charge in [0.2, 0.25) is 0 Å². The Hall–Kier alpha value is -1.06. The molecule has 15 heavy (non-hydrogen) atoms. The zero-order valence-electron chi connectivity index (χ0n) is 8.78. The molecule has 0 aromatic heterocycles. The number of halogens is 1. The van der Waals surface area contributed by atoms with Crippen LogP contribution in [0, 0.1) is 0 Å². The van der Waals surface area contributed by atoms with Crippen LogP contribution in [0.4, 0.5) is 5.69 Å². The minimum atomic E-state index is -0.133. The molecule has 1 aromatic rings. The van der Waals surface area contributed by atoms with E-state index in [1.54, 1.807) is 0 Å². The van der Waals surface area contributed by atoms with Crippen molar-refractivity contribution in [3.05, 3.63) is 30.3 Å². The Morgan fingerprint density at radius 2 is 2.00 bits per heavy atom. The summed E-state index contributed by atoms with van der Waals surface area (Å²) in [5.74, 6) is -0.133. The average Bonchev–Trinajstić information content (AvgIpc) is 2.25. The van der Waals surface area contributed by atoms with Gasteiger partial charge in [0.25, 0.3) is 0 Å². The second-order valence-corrected chi connectivity index (χ2v) is 3.08. The lowest BCUT2D eigenvalue weighted by Crippen LogP contribution is -3.00. The van der Waals surface area contributed by atoms with Gasteiger partial charge in [-0.15, -0.1) is 0 Å². The summed E-state index contributed by atoms with van der Waals surface area (Å²) in [7, 11) is 1.42. The maximum Gasteiger partial charge on any atom is 0.305 e. The van der Waals surface area contributed by atoms with E-state index in [4.69, 9.17) is 0 Å². The maximum absolute atomic E-state index is 10.8. The number of esters is 1. The first-order valence-corrected chi connectivity index (χ1v) is 4.78. The van der Waals surface area contributed by atoms with Crippen molar-refractivity contribution >= 4 is 11.7 Å². The molecule has 0 saturated heterocycles. The summed E-state index contributed by atoms with van der Waals surface area (Å²) in [5, 5.41) is 2.13. The van der Waals surface area contributed by atoms with Gasteiger partial charge in [0.1, 0.15) is 5.69 Å². The molecule has 0 fully saturated rings. The number of quaternary nitrogens is 1. The number of carbonyl (C=O) groups excluding carboxylic acids is 1. The Labute approximate surface area is 96.2 Å². The van der Waals surface area contributed by atoms with Crippen LogP contribution >= 0.6 is 0 Å². The zero-order valence-corrected chi connectivity index (χ0v) is 9.54. The molecule has 0 unspecified atom stereocenters. The van der Waals surface area contributed by atoms with Crippen molar-refractivity contribution in [3.8, 4) is 0 Å². The van der Waals surface area contributed by atoms with Gasteiger partial charge >= 0.3 is 5.97 Å². The normalized spacial score (nSPS) is 9.13. The summed E-state index contributed by atoms with van der Waals surface area (Å²) in [6.07, 6.45) is 1.35. The Kier molecular flexibility index (Phi) is 7.68. The minimum Gasteiger partial charge on any atom is -1.00 e. The van der Waals surface area contributed by atoms with Crippen LogP contribution < -0.4 is 17.7 Å². The molecule has 0 amide bonds. The van der Waals surface area contributed by atoms with Crippen molar-refractivity contribution in [3.63, 3.8) is 0 Å². The molecule has 0 heterocycles. The van der Waals surface area contributed by atoms with E-state index < -0.39 is 0 Å². The Morgan fingerprint density at radius 1 is 1.33 bits per heavy atom. The predicted octanol–water partition coefficient (Wildman–Crippen LogP) is -2.16. The fraction of sp³-hybridized carbons (Fsp3) is 0.364. The van der Waals surface area contributed by atoms with Crippen LogP contribution in [-0.2, 0) is 9.53 Å². The number of ether oxygens (including phenoxy) is 1. The number of para-hydroxylation sites is 1. The van der Waals surface area contributed by atoms with Gasteiger partial charge in [0.05, 0.1) is 20.1 Å². The summed E-state index contributed by atoms with van der Waals surface area (Å²) in [4.78, 5) is 10.8. The van der Waals surface area contributed by atoms with Crippen LogP contribution in [0.5, 0.6) is 0 Å². The molecule has 1 aromatic carbocycles. The van der Waals surface area contributed by atoms with Gasteiger partial charge in [0, 0.05) is 6.42 Å². The second kappa shape index (κ2) is 8.26. The largest absolute Gasteiger partial charge is 1.00 e. The number of hydrogen-bond acceptors (Lipinski definition) is 2. The molecule has 4 heteroatoms. The average molecular weight is 230 g/mol. The molecular weight excluding hydrogens is 214 g/mol. The molecule has 1 rings (SSSR count). The van der Waals surface area contributed by atoms with E-state index in [0.29, 0.717) is 6.42 Å². The summed E-state index contributed by atoms with van der Waals surface area (Å²) < 4.78 is 4.55. The van der Waals surface area contributed by atoms with Crippen molar-refractivity contribution in [2.24, 2.45) is 0 Å². The summed E-state index contributed by atoms with van der Waals surface area (Å²) >= 11 is 0. The fourth-order valence-corrected chi connectivity index (χ4v) is 1.21. The van der Waals surface area contributed by atoms with Crippen molar-refractivity contribution in [1.82, 2.24) is 0 Å². The number of methoxy groups -OCH3 is 1. The fourth-order valence-electron chi connectivity index (χ4n) is 1.21. The Balaban J connectivity index is 0.00000196. The van der Waals surface area contributed by atoms with Gasteiger partial charge in [-0.25, -0.2) is 0 Å². The van der Waals surface area contributed by atoms with Crippen LogP contribution in [-0.4, -0.2) is 19.6 Å². The van der Waals surface area contributed by atoms with Crippen molar-refractivity contribution in [1.29, 1.82) is 0 Å². The highest BCUT2D eigenvalue weighted by molar-refractivity contribution is 5.68. The molecule has 3 nitrogen and oxygen atoms in total. The highest BCUT2D eigenvalue weighted by Crippen LogP contribution is 1.96. The number of rotatable bonds is 5. The molecule has 0 saturated carbocycles. The third kappa shape index (κ3) is 6.10. The van der Waals surface area contributed by atoms with Crippen LogP contribution in [0.1, 0.15) is 12.8 Å². The SMILES string of the molecule is COC(=O)CCC[NH2+]c1ccccc1.[Cl-]. The lowest BCUT2D eigenvalue weighted by molar-refractivity contribution is -0.571. The van der Waals surface area contributed by atoms with E-state index in [9.17, 15) is 4.79 Å². The smallest absolute Gasteiger partial charge is 0.305 e. The quantitative estimate of drug-likeness (QED) is 0.355. The Morgan fingerprint density at radius 3 is 2.60 bits per heavy atom. The third-order valence-electron chi connectivity index (χ3n) is 1.99. The lowest BCUT2D eigenvalue weighted by Gasteiger charge is -2.00. The predicted molar refractivity (Wildman–Crippen MR) is 54.1 cm³/mol. The first-order valence-electron chi connectivity index (χ1n) is 4.78. The molecule has 2 N–H and O–H groups in total. The monoisotopic (exact) mass is 229 g/mol. The molecule has 0 aliphatic rings. The molecule has 0 spiro atoms. The molecule has 0 bridgehead atoms.